The second-order valence-corrected chi connectivity index (χ2v) is 4.92. The van der Waals surface area contributed by atoms with Crippen molar-refractivity contribution in [3.8, 4) is 11.4 Å². The number of ketones is 1. The summed E-state index contributed by atoms with van der Waals surface area (Å²) >= 11 is 0. The number of rotatable bonds is 6. The summed E-state index contributed by atoms with van der Waals surface area (Å²) in [5.41, 5.74) is 1.68. The molecule has 0 bridgehead atoms. The summed E-state index contributed by atoms with van der Waals surface area (Å²) in [4.78, 5) is 23.9. The van der Waals surface area contributed by atoms with Crippen molar-refractivity contribution in [1.82, 2.24) is 9.78 Å². The highest BCUT2D eigenvalue weighted by atomic mass is 16.5. The van der Waals surface area contributed by atoms with Gasteiger partial charge in [0.05, 0.1) is 30.2 Å². The number of Topliss-reactive ketones (excluding diaryl/α,β-unsaturated/α-hetero) is 1. The molecule has 0 aliphatic carbocycles. The van der Waals surface area contributed by atoms with Gasteiger partial charge in [0.1, 0.15) is 5.75 Å². The van der Waals surface area contributed by atoms with E-state index in [-0.39, 0.29) is 23.6 Å². The van der Waals surface area contributed by atoms with Gasteiger partial charge in [-0.05, 0) is 52.0 Å². The van der Waals surface area contributed by atoms with Crippen LogP contribution in [-0.2, 0) is 4.74 Å². The van der Waals surface area contributed by atoms with Crippen LogP contribution in [0.1, 0.15) is 47.3 Å². The number of hydrogen-bond donors (Lipinski definition) is 0. The van der Waals surface area contributed by atoms with Crippen LogP contribution in [-0.4, -0.2) is 34.7 Å². The fourth-order valence-corrected chi connectivity index (χ4v) is 2.37. The van der Waals surface area contributed by atoms with E-state index in [4.69, 9.17) is 9.47 Å². The van der Waals surface area contributed by atoms with Gasteiger partial charge in [-0.2, -0.15) is 5.10 Å². The van der Waals surface area contributed by atoms with E-state index in [1.165, 1.54) is 6.92 Å². The minimum absolute atomic E-state index is 0.0470. The zero-order valence-electron chi connectivity index (χ0n) is 13.8. The topological polar surface area (TPSA) is 70.4 Å². The van der Waals surface area contributed by atoms with Gasteiger partial charge in [-0.3, -0.25) is 4.79 Å². The molecule has 0 atom stereocenters. The van der Waals surface area contributed by atoms with Crippen LogP contribution in [0.3, 0.4) is 0 Å². The van der Waals surface area contributed by atoms with Crippen LogP contribution in [0.15, 0.2) is 24.3 Å². The Kier molecular flexibility index (Phi) is 5.16. The van der Waals surface area contributed by atoms with Crippen LogP contribution in [0.2, 0.25) is 0 Å². The molecular weight excluding hydrogens is 296 g/mol. The van der Waals surface area contributed by atoms with E-state index in [2.05, 4.69) is 5.10 Å². The summed E-state index contributed by atoms with van der Waals surface area (Å²) in [6.45, 7) is 7.60. The Morgan fingerprint density at radius 1 is 1.13 bits per heavy atom. The second kappa shape index (κ2) is 7.09. The lowest BCUT2D eigenvalue weighted by Gasteiger charge is -2.07. The quantitative estimate of drug-likeness (QED) is 0.605. The van der Waals surface area contributed by atoms with Crippen molar-refractivity contribution in [3.05, 3.63) is 41.2 Å². The highest BCUT2D eigenvalue weighted by molar-refractivity contribution is 6.05. The Morgan fingerprint density at radius 2 is 1.78 bits per heavy atom. The van der Waals surface area contributed by atoms with Crippen molar-refractivity contribution in [2.24, 2.45) is 0 Å². The van der Waals surface area contributed by atoms with E-state index in [1.54, 1.807) is 18.5 Å². The van der Waals surface area contributed by atoms with Gasteiger partial charge in [0.2, 0.25) is 0 Å². The van der Waals surface area contributed by atoms with Crippen molar-refractivity contribution in [1.29, 1.82) is 0 Å². The van der Waals surface area contributed by atoms with Gasteiger partial charge >= 0.3 is 5.97 Å². The molecule has 0 radical (unpaired) electrons. The summed E-state index contributed by atoms with van der Waals surface area (Å²) in [6, 6.07) is 7.28. The minimum Gasteiger partial charge on any atom is -0.494 e. The summed E-state index contributed by atoms with van der Waals surface area (Å²) < 4.78 is 12.0. The first-order valence-corrected chi connectivity index (χ1v) is 7.50. The minimum atomic E-state index is -0.592. The molecule has 23 heavy (non-hydrogen) atoms. The molecule has 0 aliphatic heterocycles. The molecule has 0 spiro atoms. The van der Waals surface area contributed by atoms with E-state index in [9.17, 15) is 9.59 Å². The van der Waals surface area contributed by atoms with E-state index in [0.717, 1.165) is 11.4 Å². The van der Waals surface area contributed by atoms with Crippen molar-refractivity contribution < 1.29 is 19.1 Å². The third-order valence-electron chi connectivity index (χ3n) is 3.33. The Balaban J connectivity index is 2.48. The van der Waals surface area contributed by atoms with Crippen molar-refractivity contribution in [2.75, 3.05) is 13.2 Å². The zero-order valence-corrected chi connectivity index (χ0v) is 13.8. The van der Waals surface area contributed by atoms with Crippen LogP contribution >= 0.6 is 0 Å². The lowest BCUT2D eigenvalue weighted by atomic mass is 10.1. The van der Waals surface area contributed by atoms with Gasteiger partial charge < -0.3 is 9.47 Å². The fourth-order valence-electron chi connectivity index (χ4n) is 2.37. The Morgan fingerprint density at radius 3 is 2.30 bits per heavy atom. The largest absolute Gasteiger partial charge is 0.494 e. The number of nitrogens with zero attached hydrogens (tertiary/aromatic N) is 2. The molecule has 0 N–H and O–H groups in total. The molecule has 1 aromatic heterocycles. The molecule has 6 nitrogen and oxygen atoms in total. The van der Waals surface area contributed by atoms with Crippen LogP contribution in [0.4, 0.5) is 0 Å². The molecule has 0 aliphatic rings. The Labute approximate surface area is 135 Å². The van der Waals surface area contributed by atoms with Crippen LogP contribution in [0, 0.1) is 6.92 Å². The first kappa shape index (κ1) is 16.7. The number of esters is 1. The molecule has 0 saturated heterocycles. The summed E-state index contributed by atoms with van der Waals surface area (Å²) in [5, 5.41) is 4.28. The van der Waals surface area contributed by atoms with Gasteiger partial charge in [-0.15, -0.1) is 0 Å². The molecule has 122 valence electrons. The number of aromatic nitrogens is 2. The number of carbonyl (C=O) groups is 2. The van der Waals surface area contributed by atoms with E-state index < -0.39 is 5.97 Å². The van der Waals surface area contributed by atoms with Crippen molar-refractivity contribution in [2.45, 2.75) is 27.7 Å². The molecule has 1 heterocycles. The van der Waals surface area contributed by atoms with E-state index in [1.807, 2.05) is 31.2 Å². The summed E-state index contributed by atoms with van der Waals surface area (Å²) in [6.07, 6.45) is 0. The molecule has 2 aromatic rings. The van der Waals surface area contributed by atoms with Gasteiger partial charge in [0.25, 0.3) is 0 Å². The average molecular weight is 316 g/mol. The molecule has 0 fully saturated rings. The molecule has 1 aromatic carbocycles. The lowest BCUT2D eigenvalue weighted by Crippen LogP contribution is -2.10. The SMILES string of the molecule is CCOC(=O)c1nn(-c2ccc(OCC)cc2)c(C)c1C(C)=O. The van der Waals surface area contributed by atoms with Gasteiger partial charge in [0, 0.05) is 0 Å². The first-order chi connectivity index (χ1) is 11.0. The van der Waals surface area contributed by atoms with Crippen LogP contribution in [0.25, 0.3) is 5.69 Å². The summed E-state index contributed by atoms with van der Waals surface area (Å²) in [7, 11) is 0. The molecule has 0 amide bonds. The second-order valence-electron chi connectivity index (χ2n) is 4.92. The highest BCUT2D eigenvalue weighted by Crippen LogP contribution is 2.21. The molecule has 2 rings (SSSR count). The smallest absolute Gasteiger partial charge is 0.359 e. The Bertz CT molecular complexity index is 717. The number of ether oxygens (including phenoxy) is 2. The van der Waals surface area contributed by atoms with Crippen molar-refractivity contribution >= 4 is 11.8 Å². The zero-order chi connectivity index (χ0) is 17.0. The van der Waals surface area contributed by atoms with Crippen LogP contribution in [0.5, 0.6) is 5.75 Å². The van der Waals surface area contributed by atoms with Crippen LogP contribution < -0.4 is 4.74 Å². The van der Waals surface area contributed by atoms with Gasteiger partial charge in [0.15, 0.2) is 11.5 Å². The maximum absolute atomic E-state index is 12.0. The monoisotopic (exact) mass is 316 g/mol. The third kappa shape index (κ3) is 3.41. The maximum Gasteiger partial charge on any atom is 0.359 e. The van der Waals surface area contributed by atoms with E-state index in [0.29, 0.717) is 12.3 Å². The molecule has 0 saturated carbocycles. The molecular formula is C17H20N2O4. The fraction of sp³-hybridized carbons (Fsp3) is 0.353. The lowest BCUT2D eigenvalue weighted by molar-refractivity contribution is 0.0516. The van der Waals surface area contributed by atoms with E-state index >= 15 is 0 Å². The predicted molar refractivity (Wildman–Crippen MR) is 85.4 cm³/mol. The number of benzene rings is 1. The standard InChI is InChI=1S/C17H20N2O4/c1-5-22-14-9-7-13(8-10-14)19-11(3)15(12(4)20)16(18-19)17(21)23-6-2/h7-10H,5-6H2,1-4H3. The number of hydrogen-bond acceptors (Lipinski definition) is 5. The normalized spacial score (nSPS) is 10.4. The average Bonchev–Trinajstić information content (AvgIpc) is 2.86. The predicted octanol–water partition coefficient (Wildman–Crippen LogP) is 2.96. The van der Waals surface area contributed by atoms with Gasteiger partial charge in [-0.1, -0.05) is 0 Å². The highest BCUT2D eigenvalue weighted by Gasteiger charge is 2.25. The third-order valence-corrected chi connectivity index (χ3v) is 3.33. The maximum atomic E-state index is 12.0. The van der Waals surface area contributed by atoms with Gasteiger partial charge in [-0.25, -0.2) is 9.48 Å². The molecule has 6 heteroatoms. The Hall–Kier alpha value is -2.63. The molecule has 0 unspecified atom stereocenters. The first-order valence-electron chi connectivity index (χ1n) is 7.50. The summed E-state index contributed by atoms with van der Waals surface area (Å²) in [5.74, 6) is -0.0632. The number of carbonyl (C=O) groups excluding carboxylic acids is 2. The van der Waals surface area contributed by atoms with Crippen molar-refractivity contribution in [3.63, 3.8) is 0 Å².